The lowest BCUT2D eigenvalue weighted by Crippen LogP contribution is -2.13. The number of nitrogens with one attached hydrogen (secondary N) is 3. The third kappa shape index (κ3) is 3.08. The van der Waals surface area contributed by atoms with Gasteiger partial charge in [0.05, 0.1) is 5.39 Å². The predicted molar refractivity (Wildman–Crippen MR) is 95.8 cm³/mol. The van der Waals surface area contributed by atoms with Gasteiger partial charge >= 0.3 is 0 Å². The second-order valence-electron chi connectivity index (χ2n) is 6.29. The molecule has 3 aromatic rings. The van der Waals surface area contributed by atoms with E-state index in [-0.39, 0.29) is 5.56 Å². The van der Waals surface area contributed by atoms with Crippen LogP contribution in [-0.4, -0.2) is 21.5 Å². The number of aromatic nitrogens is 3. The summed E-state index contributed by atoms with van der Waals surface area (Å²) in [6, 6.07) is 7.66. The predicted octanol–water partition coefficient (Wildman–Crippen LogP) is 3.19. The SMILES string of the molecule is Cc1ccnc(Nc2cc3cc[nH]c(=O)c3c(NCC3CC3)n2)c1. The molecule has 3 N–H and O–H groups in total. The maximum atomic E-state index is 12.2. The molecule has 0 atom stereocenters. The zero-order valence-electron chi connectivity index (χ0n) is 13.5. The highest BCUT2D eigenvalue weighted by molar-refractivity contribution is 5.93. The first-order valence-corrected chi connectivity index (χ1v) is 8.15. The van der Waals surface area contributed by atoms with Crippen LogP contribution in [0.15, 0.2) is 41.5 Å². The van der Waals surface area contributed by atoms with Crippen molar-refractivity contribution < 1.29 is 0 Å². The van der Waals surface area contributed by atoms with Gasteiger partial charge in [-0.2, -0.15) is 0 Å². The minimum absolute atomic E-state index is 0.126. The highest BCUT2D eigenvalue weighted by atomic mass is 16.1. The molecule has 6 nitrogen and oxygen atoms in total. The lowest BCUT2D eigenvalue weighted by atomic mass is 10.2. The molecule has 0 radical (unpaired) electrons. The molecule has 0 unspecified atom stereocenters. The van der Waals surface area contributed by atoms with Crippen molar-refractivity contribution in [3.05, 3.63) is 52.6 Å². The van der Waals surface area contributed by atoms with Crippen molar-refractivity contribution in [3.8, 4) is 0 Å². The number of nitrogens with zero attached hydrogens (tertiary/aromatic N) is 2. The Morgan fingerprint density at radius 3 is 2.92 bits per heavy atom. The maximum absolute atomic E-state index is 12.2. The normalized spacial score (nSPS) is 13.9. The molecular weight excluding hydrogens is 302 g/mol. The second-order valence-corrected chi connectivity index (χ2v) is 6.29. The monoisotopic (exact) mass is 321 g/mol. The summed E-state index contributed by atoms with van der Waals surface area (Å²) >= 11 is 0. The van der Waals surface area contributed by atoms with Crippen LogP contribution in [0.3, 0.4) is 0 Å². The van der Waals surface area contributed by atoms with Gasteiger partial charge in [0.1, 0.15) is 17.5 Å². The van der Waals surface area contributed by atoms with Crippen molar-refractivity contribution in [2.45, 2.75) is 19.8 Å². The molecular formula is C18H19N5O. The third-order valence-corrected chi connectivity index (χ3v) is 4.18. The maximum Gasteiger partial charge on any atom is 0.259 e. The molecule has 1 aliphatic carbocycles. The lowest BCUT2D eigenvalue weighted by molar-refractivity contribution is 0.884. The Morgan fingerprint density at radius 2 is 2.12 bits per heavy atom. The summed E-state index contributed by atoms with van der Waals surface area (Å²) < 4.78 is 0. The van der Waals surface area contributed by atoms with E-state index >= 15 is 0 Å². The number of aryl methyl sites for hydroxylation is 1. The Balaban J connectivity index is 1.73. The van der Waals surface area contributed by atoms with Gasteiger partial charge in [-0.05, 0) is 60.9 Å². The van der Waals surface area contributed by atoms with E-state index in [1.807, 2.05) is 31.2 Å². The summed E-state index contributed by atoms with van der Waals surface area (Å²) in [6.45, 7) is 2.87. The van der Waals surface area contributed by atoms with E-state index in [2.05, 4.69) is 25.6 Å². The smallest absolute Gasteiger partial charge is 0.259 e. The molecule has 6 heteroatoms. The van der Waals surface area contributed by atoms with Crippen molar-refractivity contribution in [2.24, 2.45) is 5.92 Å². The average molecular weight is 321 g/mol. The highest BCUT2D eigenvalue weighted by Crippen LogP contribution is 2.30. The Kier molecular flexibility index (Phi) is 3.65. The van der Waals surface area contributed by atoms with Crippen LogP contribution < -0.4 is 16.2 Å². The van der Waals surface area contributed by atoms with Gasteiger partial charge in [-0.15, -0.1) is 0 Å². The van der Waals surface area contributed by atoms with E-state index < -0.39 is 0 Å². The Labute approximate surface area is 139 Å². The van der Waals surface area contributed by atoms with E-state index in [9.17, 15) is 4.79 Å². The lowest BCUT2D eigenvalue weighted by Gasteiger charge is -2.12. The van der Waals surface area contributed by atoms with Crippen molar-refractivity contribution in [3.63, 3.8) is 0 Å². The van der Waals surface area contributed by atoms with Crippen molar-refractivity contribution in [1.29, 1.82) is 0 Å². The van der Waals surface area contributed by atoms with Crippen molar-refractivity contribution in [2.75, 3.05) is 17.2 Å². The minimum atomic E-state index is -0.126. The van der Waals surface area contributed by atoms with Crippen LogP contribution in [0.1, 0.15) is 18.4 Å². The van der Waals surface area contributed by atoms with Crippen LogP contribution in [0.5, 0.6) is 0 Å². The number of anilines is 3. The second kappa shape index (κ2) is 5.96. The fourth-order valence-electron chi connectivity index (χ4n) is 2.70. The summed E-state index contributed by atoms with van der Waals surface area (Å²) in [5, 5.41) is 8.01. The number of pyridine rings is 3. The van der Waals surface area contributed by atoms with Gasteiger partial charge in [-0.25, -0.2) is 9.97 Å². The molecule has 0 aromatic carbocycles. The van der Waals surface area contributed by atoms with E-state index in [1.54, 1.807) is 12.4 Å². The number of hydrogen-bond donors (Lipinski definition) is 3. The summed E-state index contributed by atoms with van der Waals surface area (Å²) in [4.78, 5) is 23.8. The Bertz CT molecular complexity index is 946. The van der Waals surface area contributed by atoms with Gasteiger partial charge in [0.15, 0.2) is 0 Å². The summed E-state index contributed by atoms with van der Waals surface area (Å²) in [6.07, 6.45) is 5.90. The van der Waals surface area contributed by atoms with E-state index in [4.69, 9.17) is 0 Å². The Hall–Kier alpha value is -2.89. The van der Waals surface area contributed by atoms with Gasteiger partial charge in [0.25, 0.3) is 5.56 Å². The Morgan fingerprint density at radius 1 is 1.25 bits per heavy atom. The third-order valence-electron chi connectivity index (χ3n) is 4.18. The molecule has 1 saturated carbocycles. The molecule has 3 aromatic heterocycles. The molecule has 122 valence electrons. The largest absolute Gasteiger partial charge is 0.369 e. The van der Waals surface area contributed by atoms with Crippen LogP contribution in [0, 0.1) is 12.8 Å². The summed E-state index contributed by atoms with van der Waals surface area (Å²) in [7, 11) is 0. The van der Waals surface area contributed by atoms with Gasteiger partial charge < -0.3 is 15.6 Å². The molecule has 0 aliphatic heterocycles. The summed E-state index contributed by atoms with van der Waals surface area (Å²) in [5.41, 5.74) is 0.996. The first-order valence-electron chi connectivity index (χ1n) is 8.15. The molecule has 24 heavy (non-hydrogen) atoms. The number of fused-ring (bicyclic) bond motifs is 1. The van der Waals surface area contributed by atoms with Gasteiger partial charge in [0.2, 0.25) is 0 Å². The first-order chi connectivity index (χ1) is 11.7. The fraction of sp³-hybridized carbons (Fsp3) is 0.278. The fourth-order valence-corrected chi connectivity index (χ4v) is 2.70. The van der Waals surface area contributed by atoms with Crippen LogP contribution in [0.2, 0.25) is 0 Å². The topological polar surface area (TPSA) is 82.7 Å². The van der Waals surface area contributed by atoms with Crippen LogP contribution in [0.4, 0.5) is 17.5 Å². The van der Waals surface area contributed by atoms with Crippen molar-refractivity contribution >= 4 is 28.2 Å². The zero-order chi connectivity index (χ0) is 16.5. The quantitative estimate of drug-likeness (QED) is 0.672. The van der Waals surface area contributed by atoms with Crippen LogP contribution in [-0.2, 0) is 0 Å². The standard InChI is InChI=1S/C18H19N5O/c1-11-4-6-19-14(8-11)22-15-9-13-5-7-20-18(24)16(13)17(23-15)21-10-12-2-3-12/h4-9,12H,2-3,10H2,1H3,(H,20,24)(H2,19,21,22,23). The van der Waals surface area contributed by atoms with Crippen LogP contribution >= 0.6 is 0 Å². The number of hydrogen-bond acceptors (Lipinski definition) is 5. The van der Waals surface area contributed by atoms with E-state index in [1.165, 1.54) is 12.8 Å². The molecule has 1 fully saturated rings. The van der Waals surface area contributed by atoms with Crippen LogP contribution in [0.25, 0.3) is 10.8 Å². The van der Waals surface area contributed by atoms with Gasteiger partial charge in [0, 0.05) is 18.9 Å². The summed E-state index contributed by atoms with van der Waals surface area (Å²) in [5.74, 6) is 2.72. The molecule has 0 saturated heterocycles. The van der Waals surface area contributed by atoms with Gasteiger partial charge in [-0.1, -0.05) is 0 Å². The van der Waals surface area contributed by atoms with E-state index in [0.717, 1.165) is 23.3 Å². The molecule has 0 amide bonds. The average Bonchev–Trinajstić information content (AvgIpc) is 3.37. The minimum Gasteiger partial charge on any atom is -0.369 e. The molecule has 1 aliphatic rings. The van der Waals surface area contributed by atoms with Crippen molar-refractivity contribution in [1.82, 2.24) is 15.0 Å². The first kappa shape index (κ1) is 14.7. The molecule has 0 bridgehead atoms. The number of H-pyrrole nitrogens is 1. The number of rotatable bonds is 5. The van der Waals surface area contributed by atoms with E-state index in [0.29, 0.717) is 22.9 Å². The number of aromatic amines is 1. The van der Waals surface area contributed by atoms with Gasteiger partial charge in [-0.3, -0.25) is 4.79 Å². The molecule has 0 spiro atoms. The molecule has 3 heterocycles. The zero-order valence-corrected chi connectivity index (χ0v) is 13.5. The molecule has 4 rings (SSSR count). The highest BCUT2D eigenvalue weighted by Gasteiger charge is 2.21.